The minimum atomic E-state index is 0.457. The summed E-state index contributed by atoms with van der Waals surface area (Å²) in [7, 11) is 0. The summed E-state index contributed by atoms with van der Waals surface area (Å²) in [4.78, 5) is 7.86. The van der Waals surface area contributed by atoms with E-state index in [1.54, 1.807) is 24.4 Å². The minimum absolute atomic E-state index is 0.457. The molecule has 0 bridgehead atoms. The zero-order valence-corrected chi connectivity index (χ0v) is 11.8. The lowest BCUT2D eigenvalue weighted by atomic mass is 10.3. The molecule has 0 aliphatic carbocycles. The molecule has 0 saturated heterocycles. The van der Waals surface area contributed by atoms with Gasteiger partial charge >= 0.3 is 0 Å². The van der Waals surface area contributed by atoms with Gasteiger partial charge in [-0.15, -0.1) is 0 Å². The first kappa shape index (κ1) is 11.8. The van der Waals surface area contributed by atoms with Crippen LogP contribution >= 0.6 is 43.5 Å². The summed E-state index contributed by atoms with van der Waals surface area (Å²) in [5, 5.41) is 0.640. The van der Waals surface area contributed by atoms with Crippen molar-refractivity contribution in [3.63, 3.8) is 0 Å². The van der Waals surface area contributed by atoms with Crippen molar-refractivity contribution < 1.29 is 4.74 Å². The van der Waals surface area contributed by atoms with Crippen molar-refractivity contribution >= 4 is 43.5 Å². The SMILES string of the molecule is Clc1ccc(Oc2ncncc2Br)c(Br)c1. The molecule has 0 N–H and O–H groups in total. The van der Waals surface area contributed by atoms with Crippen molar-refractivity contribution in [3.8, 4) is 11.6 Å². The second-order valence-corrected chi connectivity index (χ2v) is 5.00. The van der Waals surface area contributed by atoms with Crippen LogP contribution in [0, 0.1) is 0 Å². The summed E-state index contributed by atoms with van der Waals surface area (Å²) in [6.07, 6.45) is 3.04. The van der Waals surface area contributed by atoms with E-state index in [9.17, 15) is 0 Å². The Bertz CT molecular complexity index is 522. The number of rotatable bonds is 2. The Morgan fingerprint density at radius 1 is 1.19 bits per heavy atom. The van der Waals surface area contributed by atoms with E-state index in [1.807, 2.05) is 0 Å². The molecule has 1 heterocycles. The standard InChI is InChI=1S/C10H5Br2ClN2O/c11-7-3-6(13)1-2-9(7)16-10-8(12)4-14-5-15-10/h1-5H. The van der Waals surface area contributed by atoms with E-state index in [1.165, 1.54) is 6.33 Å². The summed E-state index contributed by atoms with van der Waals surface area (Å²) < 4.78 is 7.05. The van der Waals surface area contributed by atoms with Crippen LogP contribution in [-0.4, -0.2) is 9.97 Å². The van der Waals surface area contributed by atoms with Gasteiger partial charge in [0.05, 0.1) is 8.95 Å². The Hall–Kier alpha value is -0.650. The molecule has 0 saturated carbocycles. The van der Waals surface area contributed by atoms with Gasteiger partial charge in [-0.3, -0.25) is 0 Å². The molecule has 0 unspecified atom stereocenters. The Balaban J connectivity index is 2.31. The van der Waals surface area contributed by atoms with Crippen molar-refractivity contribution in [2.45, 2.75) is 0 Å². The fourth-order valence-electron chi connectivity index (χ4n) is 1.04. The van der Waals surface area contributed by atoms with Gasteiger partial charge in [0.25, 0.3) is 0 Å². The van der Waals surface area contributed by atoms with Crippen LogP contribution in [0.1, 0.15) is 0 Å². The van der Waals surface area contributed by atoms with Crippen LogP contribution in [0.5, 0.6) is 11.6 Å². The van der Waals surface area contributed by atoms with Gasteiger partial charge in [0.15, 0.2) is 0 Å². The first-order valence-electron chi connectivity index (χ1n) is 4.25. The molecule has 0 spiro atoms. The van der Waals surface area contributed by atoms with Gasteiger partial charge < -0.3 is 4.74 Å². The Morgan fingerprint density at radius 2 is 2.00 bits per heavy atom. The third-order valence-corrected chi connectivity index (χ3v) is 3.13. The first-order chi connectivity index (χ1) is 7.66. The Kier molecular flexibility index (Phi) is 3.78. The van der Waals surface area contributed by atoms with Crippen molar-refractivity contribution in [2.24, 2.45) is 0 Å². The van der Waals surface area contributed by atoms with Crippen LogP contribution < -0.4 is 4.74 Å². The average Bonchev–Trinajstić information content (AvgIpc) is 2.25. The molecule has 6 heteroatoms. The number of aromatic nitrogens is 2. The third-order valence-electron chi connectivity index (χ3n) is 1.73. The second kappa shape index (κ2) is 5.12. The number of ether oxygens (including phenoxy) is 1. The lowest BCUT2D eigenvalue weighted by molar-refractivity contribution is 0.455. The molecular weight excluding hydrogens is 359 g/mol. The number of nitrogens with zero attached hydrogens (tertiary/aromatic N) is 2. The van der Waals surface area contributed by atoms with Gasteiger partial charge in [0.2, 0.25) is 5.88 Å². The van der Waals surface area contributed by atoms with Gasteiger partial charge in [0.1, 0.15) is 12.1 Å². The predicted molar refractivity (Wildman–Crippen MR) is 69.0 cm³/mol. The van der Waals surface area contributed by atoms with E-state index in [2.05, 4.69) is 41.8 Å². The maximum atomic E-state index is 5.83. The predicted octanol–water partition coefficient (Wildman–Crippen LogP) is 4.45. The molecule has 3 nitrogen and oxygen atoms in total. The molecule has 2 rings (SSSR count). The van der Waals surface area contributed by atoms with Gasteiger partial charge in [-0.1, -0.05) is 11.6 Å². The smallest absolute Gasteiger partial charge is 0.236 e. The number of benzene rings is 1. The van der Waals surface area contributed by atoms with Crippen LogP contribution in [-0.2, 0) is 0 Å². The molecule has 1 aromatic carbocycles. The van der Waals surface area contributed by atoms with E-state index in [4.69, 9.17) is 16.3 Å². The Morgan fingerprint density at radius 3 is 2.69 bits per heavy atom. The van der Waals surface area contributed by atoms with Crippen molar-refractivity contribution in [1.82, 2.24) is 9.97 Å². The molecule has 0 radical (unpaired) electrons. The van der Waals surface area contributed by atoms with Gasteiger partial charge in [-0.2, -0.15) is 0 Å². The molecule has 2 aromatic rings. The lowest BCUT2D eigenvalue weighted by Crippen LogP contribution is -1.90. The fourth-order valence-corrected chi connectivity index (χ4v) is 2.10. The molecule has 0 amide bonds. The molecule has 0 atom stereocenters. The van der Waals surface area contributed by atoms with Crippen LogP contribution in [0.15, 0.2) is 39.7 Å². The fraction of sp³-hybridized carbons (Fsp3) is 0. The summed E-state index contributed by atoms with van der Waals surface area (Å²) in [6.45, 7) is 0. The van der Waals surface area contributed by atoms with Crippen LogP contribution in [0.2, 0.25) is 5.02 Å². The zero-order valence-electron chi connectivity index (χ0n) is 7.82. The van der Waals surface area contributed by atoms with E-state index in [0.717, 1.165) is 4.47 Å². The summed E-state index contributed by atoms with van der Waals surface area (Å²) >= 11 is 12.5. The highest BCUT2D eigenvalue weighted by atomic mass is 79.9. The van der Waals surface area contributed by atoms with E-state index in [-0.39, 0.29) is 0 Å². The third kappa shape index (κ3) is 2.72. The van der Waals surface area contributed by atoms with Crippen LogP contribution in [0.4, 0.5) is 0 Å². The molecule has 82 valence electrons. The van der Waals surface area contributed by atoms with Gasteiger partial charge in [-0.25, -0.2) is 9.97 Å². The first-order valence-corrected chi connectivity index (χ1v) is 6.21. The minimum Gasteiger partial charge on any atom is -0.437 e. The average molecular weight is 364 g/mol. The lowest BCUT2D eigenvalue weighted by Gasteiger charge is -2.07. The normalized spacial score (nSPS) is 10.2. The summed E-state index contributed by atoms with van der Waals surface area (Å²) in [5.41, 5.74) is 0. The summed E-state index contributed by atoms with van der Waals surface area (Å²) in [5.74, 6) is 1.10. The van der Waals surface area contributed by atoms with Crippen molar-refractivity contribution in [3.05, 3.63) is 44.7 Å². The molecule has 0 aliphatic rings. The van der Waals surface area contributed by atoms with Crippen LogP contribution in [0.25, 0.3) is 0 Å². The van der Waals surface area contributed by atoms with Gasteiger partial charge in [0, 0.05) is 11.2 Å². The quantitative estimate of drug-likeness (QED) is 0.790. The highest BCUT2D eigenvalue weighted by Gasteiger charge is 2.07. The Labute approximate surface area is 114 Å². The monoisotopic (exact) mass is 362 g/mol. The molecular formula is C10H5Br2ClN2O. The molecule has 0 aliphatic heterocycles. The zero-order chi connectivity index (χ0) is 11.5. The van der Waals surface area contributed by atoms with Gasteiger partial charge in [-0.05, 0) is 50.1 Å². The number of hydrogen-bond donors (Lipinski definition) is 0. The van der Waals surface area contributed by atoms with Crippen molar-refractivity contribution in [2.75, 3.05) is 0 Å². The molecule has 16 heavy (non-hydrogen) atoms. The van der Waals surface area contributed by atoms with E-state index < -0.39 is 0 Å². The topological polar surface area (TPSA) is 35.0 Å². The maximum absolute atomic E-state index is 5.83. The number of hydrogen-bond acceptors (Lipinski definition) is 3. The summed E-state index contributed by atoms with van der Waals surface area (Å²) in [6, 6.07) is 5.27. The number of halogens is 3. The second-order valence-electron chi connectivity index (χ2n) is 2.85. The highest BCUT2D eigenvalue weighted by Crippen LogP contribution is 2.33. The largest absolute Gasteiger partial charge is 0.437 e. The molecule has 1 aromatic heterocycles. The molecule has 0 fully saturated rings. The van der Waals surface area contributed by atoms with Crippen LogP contribution in [0.3, 0.4) is 0 Å². The van der Waals surface area contributed by atoms with E-state index in [0.29, 0.717) is 21.1 Å². The maximum Gasteiger partial charge on any atom is 0.236 e. The van der Waals surface area contributed by atoms with Crippen molar-refractivity contribution in [1.29, 1.82) is 0 Å². The highest BCUT2D eigenvalue weighted by molar-refractivity contribution is 9.11. The van der Waals surface area contributed by atoms with E-state index >= 15 is 0 Å².